The van der Waals surface area contributed by atoms with E-state index in [1.165, 1.54) is 17.1 Å². The molecule has 29 heavy (non-hydrogen) atoms. The van der Waals surface area contributed by atoms with Crippen LogP contribution < -0.4 is 0 Å². The number of thioether (sulfide) groups is 1. The number of fused-ring (bicyclic) bond motifs is 1. The lowest BCUT2D eigenvalue weighted by Gasteiger charge is -2.15. The van der Waals surface area contributed by atoms with E-state index < -0.39 is 0 Å². The molecular weight excluding hydrogens is 378 g/mol. The van der Waals surface area contributed by atoms with Gasteiger partial charge in [0.1, 0.15) is 0 Å². The smallest absolute Gasteiger partial charge is 0.242 e. The maximum Gasteiger partial charge on any atom is 0.242 e. The first kappa shape index (κ1) is 19.4. The second kappa shape index (κ2) is 9.05. The summed E-state index contributed by atoms with van der Waals surface area (Å²) in [6, 6.07) is 24.4. The first-order chi connectivity index (χ1) is 14.3. The average Bonchev–Trinajstić information content (AvgIpc) is 3.04. The summed E-state index contributed by atoms with van der Waals surface area (Å²) in [5.74, 6) is 0.125. The minimum Gasteiger partial charge on any atom is -0.284 e. The van der Waals surface area contributed by atoms with Crippen LogP contribution in [0.1, 0.15) is 30.9 Å². The predicted molar refractivity (Wildman–Crippen MR) is 122 cm³/mol. The molecule has 1 heterocycles. The minimum atomic E-state index is -0.0739. The number of hydrogen-bond donors (Lipinski definition) is 0. The Kier molecular flexibility index (Phi) is 6.06. The topological polar surface area (TPSA) is 45.0 Å². The number of amidine groups is 1. The maximum absolute atomic E-state index is 12.9. The number of nitrogens with zero attached hydrogens (tertiary/aromatic N) is 3. The fraction of sp³-hybridized carbons (Fsp3) is 0.208. The molecule has 1 aliphatic rings. The molecule has 3 aromatic rings. The van der Waals surface area contributed by atoms with Crippen molar-refractivity contribution >= 4 is 39.8 Å². The summed E-state index contributed by atoms with van der Waals surface area (Å²) < 4.78 is 0. The van der Waals surface area contributed by atoms with E-state index in [0.717, 1.165) is 29.4 Å². The summed E-state index contributed by atoms with van der Waals surface area (Å²) in [6.45, 7) is 2.62. The van der Waals surface area contributed by atoms with Crippen molar-refractivity contribution in [1.82, 2.24) is 4.90 Å². The highest BCUT2D eigenvalue weighted by molar-refractivity contribution is 8.15. The zero-order valence-electron chi connectivity index (χ0n) is 16.4. The molecule has 1 unspecified atom stereocenters. The second-order valence-electron chi connectivity index (χ2n) is 7.00. The highest BCUT2D eigenvalue weighted by Gasteiger charge is 2.37. The van der Waals surface area contributed by atoms with Crippen LogP contribution in [-0.2, 0) is 11.3 Å². The Labute approximate surface area is 175 Å². The standard InChI is InChI=1S/C24H23N3OS/c1-2-9-22-23(28)27(17-18-10-4-3-5-11-18)24(29-22)26-25-16-20-14-8-13-19-12-6-7-15-21(19)20/h3-8,10-16,22H,2,9,17H2,1H3. The first-order valence-corrected chi connectivity index (χ1v) is 10.7. The molecule has 1 amide bonds. The fourth-order valence-corrected chi connectivity index (χ4v) is 4.66. The van der Waals surface area contributed by atoms with Gasteiger partial charge in [0.05, 0.1) is 18.0 Å². The number of amides is 1. The quantitative estimate of drug-likeness (QED) is 0.406. The van der Waals surface area contributed by atoms with Crippen molar-refractivity contribution < 1.29 is 4.79 Å². The minimum absolute atomic E-state index is 0.0739. The normalized spacial score (nSPS) is 18.4. The highest BCUT2D eigenvalue weighted by Crippen LogP contribution is 2.31. The van der Waals surface area contributed by atoms with E-state index in [0.29, 0.717) is 11.7 Å². The summed E-state index contributed by atoms with van der Waals surface area (Å²) in [6.07, 6.45) is 3.59. The van der Waals surface area contributed by atoms with Crippen molar-refractivity contribution in [2.45, 2.75) is 31.6 Å². The van der Waals surface area contributed by atoms with E-state index in [-0.39, 0.29) is 11.2 Å². The lowest BCUT2D eigenvalue weighted by molar-refractivity contribution is -0.126. The lowest BCUT2D eigenvalue weighted by atomic mass is 10.1. The molecule has 0 N–H and O–H groups in total. The average molecular weight is 402 g/mol. The molecule has 4 nitrogen and oxygen atoms in total. The maximum atomic E-state index is 12.9. The Morgan fingerprint density at radius 1 is 1.00 bits per heavy atom. The van der Waals surface area contributed by atoms with Gasteiger partial charge in [0.25, 0.3) is 0 Å². The third-order valence-corrected chi connectivity index (χ3v) is 6.15. The molecule has 1 aliphatic heterocycles. The van der Waals surface area contributed by atoms with E-state index in [4.69, 9.17) is 0 Å². The van der Waals surface area contributed by atoms with Crippen LogP contribution in [0.25, 0.3) is 10.8 Å². The van der Waals surface area contributed by atoms with Crippen molar-refractivity contribution in [2.24, 2.45) is 10.2 Å². The monoisotopic (exact) mass is 401 g/mol. The molecule has 0 spiro atoms. The van der Waals surface area contributed by atoms with Crippen LogP contribution in [0, 0.1) is 0 Å². The van der Waals surface area contributed by atoms with Gasteiger partial charge in [0.15, 0.2) is 5.17 Å². The zero-order chi connectivity index (χ0) is 20.1. The van der Waals surface area contributed by atoms with Gasteiger partial charge in [-0.25, -0.2) is 0 Å². The van der Waals surface area contributed by atoms with E-state index in [1.54, 1.807) is 11.1 Å². The molecule has 3 aromatic carbocycles. The molecule has 146 valence electrons. The summed E-state index contributed by atoms with van der Waals surface area (Å²) >= 11 is 1.52. The van der Waals surface area contributed by atoms with Gasteiger partial charge in [-0.3, -0.25) is 9.69 Å². The van der Waals surface area contributed by atoms with Gasteiger partial charge in [-0.05, 0) is 22.8 Å². The highest BCUT2D eigenvalue weighted by atomic mass is 32.2. The Bertz CT molecular complexity index is 1060. The van der Waals surface area contributed by atoms with Crippen molar-refractivity contribution in [3.63, 3.8) is 0 Å². The molecule has 5 heteroatoms. The van der Waals surface area contributed by atoms with Gasteiger partial charge in [0.2, 0.25) is 5.91 Å². The van der Waals surface area contributed by atoms with Crippen LogP contribution in [0.3, 0.4) is 0 Å². The van der Waals surface area contributed by atoms with Crippen molar-refractivity contribution in [3.8, 4) is 0 Å². The van der Waals surface area contributed by atoms with E-state index in [9.17, 15) is 4.79 Å². The van der Waals surface area contributed by atoms with Crippen LogP contribution in [-0.4, -0.2) is 27.4 Å². The number of carbonyl (C=O) groups excluding carboxylic acids is 1. The Balaban J connectivity index is 1.60. The Morgan fingerprint density at radius 3 is 2.59 bits per heavy atom. The third kappa shape index (κ3) is 4.40. The predicted octanol–water partition coefficient (Wildman–Crippen LogP) is 5.47. The summed E-state index contributed by atoms with van der Waals surface area (Å²) in [5.41, 5.74) is 2.10. The van der Waals surface area contributed by atoms with Crippen LogP contribution in [0.4, 0.5) is 0 Å². The van der Waals surface area contributed by atoms with E-state index in [1.807, 2.05) is 54.6 Å². The lowest BCUT2D eigenvalue weighted by Crippen LogP contribution is -2.31. The Morgan fingerprint density at radius 2 is 1.76 bits per heavy atom. The van der Waals surface area contributed by atoms with E-state index in [2.05, 4.69) is 35.3 Å². The molecule has 0 radical (unpaired) electrons. The molecule has 0 saturated carbocycles. The molecule has 4 rings (SSSR count). The SMILES string of the molecule is CCCC1SC(=NN=Cc2cccc3ccccc23)N(Cc2ccccc2)C1=O. The summed E-state index contributed by atoms with van der Waals surface area (Å²) in [7, 11) is 0. The number of hydrogen-bond acceptors (Lipinski definition) is 4. The summed E-state index contributed by atoms with van der Waals surface area (Å²) in [4.78, 5) is 14.7. The number of carbonyl (C=O) groups is 1. The third-order valence-electron chi connectivity index (χ3n) is 4.92. The largest absolute Gasteiger partial charge is 0.284 e. The molecule has 0 aliphatic carbocycles. The van der Waals surface area contributed by atoms with Crippen LogP contribution in [0.5, 0.6) is 0 Å². The van der Waals surface area contributed by atoms with Gasteiger partial charge in [-0.15, -0.1) is 5.10 Å². The number of benzene rings is 3. The van der Waals surface area contributed by atoms with Gasteiger partial charge in [0, 0.05) is 5.56 Å². The van der Waals surface area contributed by atoms with Crippen molar-refractivity contribution in [1.29, 1.82) is 0 Å². The molecule has 0 aromatic heterocycles. The number of rotatable bonds is 6. The van der Waals surface area contributed by atoms with E-state index >= 15 is 0 Å². The van der Waals surface area contributed by atoms with Crippen LogP contribution in [0.15, 0.2) is 83.0 Å². The Hall–Kier alpha value is -2.92. The summed E-state index contributed by atoms with van der Waals surface area (Å²) in [5, 5.41) is 11.7. The zero-order valence-corrected chi connectivity index (χ0v) is 17.2. The van der Waals surface area contributed by atoms with Gasteiger partial charge >= 0.3 is 0 Å². The molecule has 1 fully saturated rings. The van der Waals surface area contributed by atoms with Crippen molar-refractivity contribution in [3.05, 3.63) is 83.9 Å². The van der Waals surface area contributed by atoms with Gasteiger partial charge < -0.3 is 0 Å². The fourth-order valence-electron chi connectivity index (χ4n) is 3.45. The van der Waals surface area contributed by atoms with Gasteiger partial charge in [-0.1, -0.05) is 97.9 Å². The first-order valence-electron chi connectivity index (χ1n) is 9.87. The van der Waals surface area contributed by atoms with Crippen LogP contribution in [0.2, 0.25) is 0 Å². The van der Waals surface area contributed by atoms with Gasteiger partial charge in [-0.2, -0.15) is 5.10 Å². The molecule has 1 atom stereocenters. The molecule has 1 saturated heterocycles. The molecular formula is C24H23N3OS. The molecule has 0 bridgehead atoms. The van der Waals surface area contributed by atoms with Crippen LogP contribution >= 0.6 is 11.8 Å². The van der Waals surface area contributed by atoms with Crippen molar-refractivity contribution in [2.75, 3.05) is 0 Å². The second-order valence-corrected chi connectivity index (χ2v) is 8.17.